The number of alkyl halides is 3. The van der Waals surface area contributed by atoms with E-state index in [2.05, 4.69) is 0 Å². The zero-order valence-corrected chi connectivity index (χ0v) is 13.9. The standard InChI is InChI=1S/C17H15F3N2OS/c1-22(11-12-3-6-14(7-4-12)24(2)23)16-9-13(10-21)5-8-15(16)17(18,19)20/h3-9H,11H2,1-2H3/t24-/m1/s1. The van der Waals surface area contributed by atoms with Gasteiger partial charge in [0.1, 0.15) is 0 Å². The summed E-state index contributed by atoms with van der Waals surface area (Å²) < 4.78 is 50.9. The lowest BCUT2D eigenvalue weighted by Crippen LogP contribution is -2.21. The molecule has 126 valence electrons. The van der Waals surface area contributed by atoms with Gasteiger partial charge in [-0.3, -0.25) is 4.21 Å². The predicted octanol–water partition coefficient (Wildman–Crippen LogP) is 3.95. The summed E-state index contributed by atoms with van der Waals surface area (Å²) in [5.41, 5.74) is 0.115. The van der Waals surface area contributed by atoms with Crippen molar-refractivity contribution in [3.05, 3.63) is 59.2 Å². The molecule has 0 N–H and O–H groups in total. The number of nitriles is 1. The van der Waals surface area contributed by atoms with Gasteiger partial charge in [-0.1, -0.05) is 12.1 Å². The summed E-state index contributed by atoms with van der Waals surface area (Å²) >= 11 is 0. The topological polar surface area (TPSA) is 44.1 Å². The van der Waals surface area contributed by atoms with E-state index >= 15 is 0 Å². The maximum Gasteiger partial charge on any atom is 0.418 e. The van der Waals surface area contributed by atoms with Crippen LogP contribution in [0, 0.1) is 11.3 Å². The minimum atomic E-state index is -4.50. The van der Waals surface area contributed by atoms with E-state index in [1.165, 1.54) is 18.0 Å². The van der Waals surface area contributed by atoms with E-state index < -0.39 is 22.5 Å². The summed E-state index contributed by atoms with van der Waals surface area (Å²) in [6, 6.07) is 12.0. The van der Waals surface area contributed by atoms with Gasteiger partial charge in [-0.15, -0.1) is 0 Å². The first-order valence-electron chi connectivity index (χ1n) is 6.97. The van der Waals surface area contributed by atoms with Crippen LogP contribution >= 0.6 is 0 Å². The van der Waals surface area contributed by atoms with Gasteiger partial charge >= 0.3 is 6.18 Å². The van der Waals surface area contributed by atoms with Crippen molar-refractivity contribution in [2.75, 3.05) is 18.2 Å². The van der Waals surface area contributed by atoms with E-state index in [9.17, 15) is 17.4 Å². The van der Waals surface area contributed by atoms with Crippen LogP contribution in [-0.4, -0.2) is 17.5 Å². The molecule has 0 saturated heterocycles. The number of rotatable bonds is 4. The third-order valence-corrected chi connectivity index (χ3v) is 4.45. The van der Waals surface area contributed by atoms with Crippen LogP contribution in [0.4, 0.5) is 18.9 Å². The number of nitrogens with zero attached hydrogens (tertiary/aromatic N) is 2. The Balaban J connectivity index is 2.33. The fraction of sp³-hybridized carbons (Fsp3) is 0.235. The van der Waals surface area contributed by atoms with E-state index in [4.69, 9.17) is 5.26 Å². The van der Waals surface area contributed by atoms with Crippen LogP contribution in [-0.2, 0) is 23.5 Å². The lowest BCUT2D eigenvalue weighted by Gasteiger charge is -2.24. The maximum atomic E-state index is 13.2. The molecule has 0 spiro atoms. The summed E-state index contributed by atoms with van der Waals surface area (Å²) in [7, 11) is 0.435. The summed E-state index contributed by atoms with van der Waals surface area (Å²) in [6.07, 6.45) is -2.94. The van der Waals surface area contributed by atoms with Gasteiger partial charge in [0, 0.05) is 35.5 Å². The molecule has 0 aliphatic rings. The molecule has 0 unspecified atom stereocenters. The maximum absolute atomic E-state index is 13.2. The minimum absolute atomic E-state index is 0.0512. The quantitative estimate of drug-likeness (QED) is 0.837. The molecule has 24 heavy (non-hydrogen) atoms. The Morgan fingerprint density at radius 3 is 2.29 bits per heavy atom. The highest BCUT2D eigenvalue weighted by Gasteiger charge is 2.34. The Kier molecular flexibility index (Phi) is 5.30. The van der Waals surface area contributed by atoms with Crippen LogP contribution in [0.2, 0.25) is 0 Å². The first kappa shape index (κ1) is 18.0. The monoisotopic (exact) mass is 352 g/mol. The highest BCUT2D eigenvalue weighted by molar-refractivity contribution is 7.84. The molecule has 2 aromatic rings. The van der Waals surface area contributed by atoms with Gasteiger partial charge in [-0.2, -0.15) is 18.4 Å². The van der Waals surface area contributed by atoms with E-state index in [0.29, 0.717) is 4.90 Å². The van der Waals surface area contributed by atoms with Crippen molar-refractivity contribution >= 4 is 16.5 Å². The number of hydrogen-bond acceptors (Lipinski definition) is 3. The Morgan fingerprint density at radius 2 is 1.79 bits per heavy atom. The SMILES string of the molecule is CN(Cc1ccc([S@@](C)=O)cc1)c1cc(C#N)ccc1C(F)(F)F. The Morgan fingerprint density at radius 1 is 1.17 bits per heavy atom. The lowest BCUT2D eigenvalue weighted by atomic mass is 10.1. The molecular weight excluding hydrogens is 337 g/mol. The molecule has 0 fully saturated rings. The summed E-state index contributed by atoms with van der Waals surface area (Å²) in [5, 5.41) is 8.93. The van der Waals surface area contributed by atoms with Gasteiger partial charge in [0.25, 0.3) is 0 Å². The zero-order chi connectivity index (χ0) is 17.9. The zero-order valence-electron chi connectivity index (χ0n) is 13.1. The molecule has 0 saturated carbocycles. The molecule has 1 atom stereocenters. The van der Waals surface area contributed by atoms with Crippen LogP contribution < -0.4 is 4.90 Å². The smallest absolute Gasteiger partial charge is 0.370 e. The van der Waals surface area contributed by atoms with Gasteiger partial charge < -0.3 is 4.90 Å². The van der Waals surface area contributed by atoms with Crippen molar-refractivity contribution < 1.29 is 17.4 Å². The Labute approximate surface area is 140 Å². The van der Waals surface area contributed by atoms with Crippen LogP contribution in [0.5, 0.6) is 0 Å². The molecule has 0 aliphatic heterocycles. The molecule has 0 radical (unpaired) electrons. The van der Waals surface area contributed by atoms with Gasteiger partial charge in [-0.05, 0) is 35.9 Å². The van der Waals surface area contributed by atoms with Crippen molar-refractivity contribution in [3.8, 4) is 6.07 Å². The van der Waals surface area contributed by atoms with Crippen molar-refractivity contribution in [2.45, 2.75) is 17.6 Å². The van der Waals surface area contributed by atoms with Gasteiger partial charge in [0.05, 0.1) is 22.9 Å². The second kappa shape index (κ2) is 7.05. The third-order valence-electron chi connectivity index (χ3n) is 3.52. The molecular formula is C17H15F3N2OS. The highest BCUT2D eigenvalue weighted by atomic mass is 32.2. The number of halogens is 3. The molecule has 3 nitrogen and oxygen atoms in total. The van der Waals surface area contributed by atoms with Crippen LogP contribution in [0.3, 0.4) is 0 Å². The molecule has 0 aliphatic carbocycles. The summed E-state index contributed by atoms with van der Waals surface area (Å²) in [4.78, 5) is 2.10. The molecule has 0 aromatic heterocycles. The normalized spacial score (nSPS) is 12.5. The molecule has 7 heteroatoms. The van der Waals surface area contributed by atoms with Crippen molar-refractivity contribution in [3.63, 3.8) is 0 Å². The van der Waals surface area contributed by atoms with Crippen LogP contribution in [0.1, 0.15) is 16.7 Å². The van der Waals surface area contributed by atoms with Gasteiger partial charge in [0.15, 0.2) is 0 Å². The molecule has 2 aromatic carbocycles. The fourth-order valence-corrected chi connectivity index (χ4v) is 2.82. The molecule has 0 amide bonds. The highest BCUT2D eigenvalue weighted by Crippen LogP contribution is 2.37. The Bertz CT molecular complexity index is 795. The number of benzene rings is 2. The first-order chi connectivity index (χ1) is 11.2. The number of hydrogen-bond donors (Lipinski definition) is 0. The summed E-state index contributed by atoms with van der Waals surface area (Å²) in [6.45, 7) is 0.231. The average molecular weight is 352 g/mol. The number of anilines is 1. The predicted molar refractivity (Wildman–Crippen MR) is 87.0 cm³/mol. The molecule has 0 bridgehead atoms. The van der Waals surface area contributed by atoms with Crippen LogP contribution in [0.15, 0.2) is 47.4 Å². The summed E-state index contributed by atoms with van der Waals surface area (Å²) in [5.74, 6) is 0. The minimum Gasteiger partial charge on any atom is -0.370 e. The van der Waals surface area contributed by atoms with E-state index in [1.807, 2.05) is 6.07 Å². The van der Waals surface area contributed by atoms with Gasteiger partial charge in [-0.25, -0.2) is 0 Å². The fourth-order valence-electron chi connectivity index (χ4n) is 2.30. The molecule has 2 rings (SSSR count). The van der Waals surface area contributed by atoms with E-state index in [0.717, 1.165) is 17.7 Å². The third kappa shape index (κ3) is 4.15. The van der Waals surface area contributed by atoms with Crippen molar-refractivity contribution in [2.24, 2.45) is 0 Å². The van der Waals surface area contributed by atoms with Crippen molar-refractivity contribution in [1.82, 2.24) is 0 Å². The van der Waals surface area contributed by atoms with Crippen molar-refractivity contribution in [1.29, 1.82) is 5.26 Å². The van der Waals surface area contributed by atoms with E-state index in [-0.39, 0.29) is 17.8 Å². The van der Waals surface area contributed by atoms with E-state index in [1.54, 1.807) is 30.5 Å². The lowest BCUT2D eigenvalue weighted by molar-refractivity contribution is -0.137. The van der Waals surface area contributed by atoms with Crippen LogP contribution in [0.25, 0.3) is 0 Å². The largest absolute Gasteiger partial charge is 0.418 e. The Hall–Kier alpha value is -2.33. The van der Waals surface area contributed by atoms with Gasteiger partial charge in [0.2, 0.25) is 0 Å². The second-order valence-electron chi connectivity index (χ2n) is 5.30. The molecule has 0 heterocycles. The first-order valence-corrected chi connectivity index (χ1v) is 8.53. The second-order valence-corrected chi connectivity index (χ2v) is 6.68. The average Bonchev–Trinajstić information content (AvgIpc) is 2.53.